The van der Waals surface area contributed by atoms with Crippen LogP contribution in [0.2, 0.25) is 0 Å². The lowest BCUT2D eigenvalue weighted by molar-refractivity contribution is 0.0890. The third-order valence-electron chi connectivity index (χ3n) is 2.61. The number of carbonyl (C=O) groups is 1. The quantitative estimate of drug-likeness (QED) is 0.847. The molecule has 20 heavy (non-hydrogen) atoms. The second-order valence-electron chi connectivity index (χ2n) is 4.95. The molecular formula is C12H16BrN5O2. The molecule has 0 saturated heterocycles. The average molecular weight is 342 g/mol. The number of aliphatic hydroxyl groups excluding tert-OH is 1. The van der Waals surface area contributed by atoms with E-state index in [0.717, 1.165) is 4.47 Å². The molecule has 7 nitrogen and oxygen atoms in total. The molecule has 2 rings (SSSR count). The molecule has 2 aromatic rings. The number of amides is 1. The SMILES string of the molecule is CC(C)CC(O)CNC(=O)c1nc2ncc(Br)cn2n1. The first-order valence-corrected chi connectivity index (χ1v) is 7.09. The van der Waals surface area contributed by atoms with Gasteiger partial charge in [0.2, 0.25) is 5.82 Å². The van der Waals surface area contributed by atoms with Crippen LogP contribution in [0, 0.1) is 5.92 Å². The van der Waals surface area contributed by atoms with Crippen LogP contribution in [0.1, 0.15) is 30.9 Å². The van der Waals surface area contributed by atoms with Crippen molar-refractivity contribution >= 4 is 27.6 Å². The number of rotatable bonds is 5. The Morgan fingerprint density at radius 2 is 2.30 bits per heavy atom. The number of carbonyl (C=O) groups excluding carboxylic acids is 1. The Kier molecular flexibility index (Phi) is 4.66. The van der Waals surface area contributed by atoms with Crippen molar-refractivity contribution in [3.8, 4) is 0 Å². The van der Waals surface area contributed by atoms with Crippen molar-refractivity contribution in [3.63, 3.8) is 0 Å². The van der Waals surface area contributed by atoms with E-state index >= 15 is 0 Å². The largest absolute Gasteiger partial charge is 0.391 e. The Labute approximate surface area is 124 Å². The summed E-state index contributed by atoms with van der Waals surface area (Å²) >= 11 is 3.27. The third-order valence-corrected chi connectivity index (χ3v) is 3.02. The Morgan fingerprint density at radius 1 is 1.55 bits per heavy atom. The number of halogens is 1. The number of fused-ring (bicyclic) bond motifs is 1. The molecule has 0 aliphatic rings. The molecule has 0 saturated carbocycles. The zero-order valence-electron chi connectivity index (χ0n) is 11.2. The number of aromatic nitrogens is 4. The van der Waals surface area contributed by atoms with Gasteiger partial charge in [0.05, 0.1) is 10.6 Å². The van der Waals surface area contributed by atoms with Crippen LogP contribution in [0.25, 0.3) is 5.78 Å². The molecule has 2 heterocycles. The molecule has 1 amide bonds. The van der Waals surface area contributed by atoms with Crippen LogP contribution in [0.15, 0.2) is 16.9 Å². The van der Waals surface area contributed by atoms with Gasteiger partial charge in [-0.15, -0.1) is 5.10 Å². The molecule has 0 spiro atoms. The molecule has 2 N–H and O–H groups in total. The molecule has 1 unspecified atom stereocenters. The van der Waals surface area contributed by atoms with Crippen molar-refractivity contribution in [2.75, 3.05) is 6.54 Å². The van der Waals surface area contributed by atoms with Crippen LogP contribution in [-0.2, 0) is 0 Å². The van der Waals surface area contributed by atoms with Crippen LogP contribution < -0.4 is 5.32 Å². The molecule has 108 valence electrons. The number of aliphatic hydroxyl groups is 1. The Balaban J connectivity index is 2.00. The third kappa shape index (κ3) is 3.73. The molecule has 0 aliphatic heterocycles. The molecule has 0 aliphatic carbocycles. The maximum atomic E-state index is 11.9. The van der Waals surface area contributed by atoms with Crippen molar-refractivity contribution in [3.05, 3.63) is 22.7 Å². The van der Waals surface area contributed by atoms with Crippen LogP contribution in [0.4, 0.5) is 0 Å². The first-order valence-electron chi connectivity index (χ1n) is 6.30. The van der Waals surface area contributed by atoms with Crippen molar-refractivity contribution < 1.29 is 9.90 Å². The van der Waals surface area contributed by atoms with E-state index in [1.807, 2.05) is 13.8 Å². The Morgan fingerprint density at radius 3 is 3.00 bits per heavy atom. The Bertz CT molecular complexity index is 613. The predicted molar refractivity (Wildman–Crippen MR) is 76.3 cm³/mol. The number of hydrogen-bond donors (Lipinski definition) is 2. The topological polar surface area (TPSA) is 92.4 Å². The summed E-state index contributed by atoms with van der Waals surface area (Å²) in [5.41, 5.74) is 0. The molecule has 0 radical (unpaired) electrons. The van der Waals surface area contributed by atoms with Crippen molar-refractivity contribution in [2.45, 2.75) is 26.4 Å². The van der Waals surface area contributed by atoms with Gasteiger partial charge in [0.15, 0.2) is 0 Å². The van der Waals surface area contributed by atoms with Crippen LogP contribution in [0.5, 0.6) is 0 Å². The zero-order valence-corrected chi connectivity index (χ0v) is 12.8. The van der Waals surface area contributed by atoms with Gasteiger partial charge in [-0.25, -0.2) is 9.50 Å². The van der Waals surface area contributed by atoms with Gasteiger partial charge in [-0.05, 0) is 28.3 Å². The summed E-state index contributed by atoms with van der Waals surface area (Å²) in [4.78, 5) is 19.9. The van der Waals surface area contributed by atoms with E-state index in [-0.39, 0.29) is 12.4 Å². The van der Waals surface area contributed by atoms with Gasteiger partial charge < -0.3 is 10.4 Å². The van der Waals surface area contributed by atoms with Gasteiger partial charge in [0, 0.05) is 18.9 Å². The van der Waals surface area contributed by atoms with Gasteiger partial charge in [0.1, 0.15) is 0 Å². The minimum Gasteiger partial charge on any atom is -0.391 e. The smallest absolute Gasteiger partial charge is 0.291 e. The van der Waals surface area contributed by atoms with Gasteiger partial charge in [-0.2, -0.15) is 4.98 Å². The van der Waals surface area contributed by atoms with Crippen LogP contribution >= 0.6 is 15.9 Å². The Hall–Kier alpha value is -1.54. The highest BCUT2D eigenvalue weighted by Gasteiger charge is 2.15. The van der Waals surface area contributed by atoms with Crippen LogP contribution in [0.3, 0.4) is 0 Å². The number of nitrogens with one attached hydrogen (secondary N) is 1. The van der Waals surface area contributed by atoms with E-state index in [1.165, 1.54) is 4.52 Å². The second kappa shape index (κ2) is 6.27. The first-order chi connectivity index (χ1) is 9.45. The van der Waals surface area contributed by atoms with Gasteiger partial charge >= 0.3 is 0 Å². The highest BCUT2D eigenvalue weighted by molar-refractivity contribution is 9.10. The van der Waals surface area contributed by atoms with E-state index in [0.29, 0.717) is 18.1 Å². The van der Waals surface area contributed by atoms with Crippen LogP contribution in [-0.4, -0.2) is 43.2 Å². The monoisotopic (exact) mass is 341 g/mol. The zero-order chi connectivity index (χ0) is 14.7. The summed E-state index contributed by atoms with van der Waals surface area (Å²) in [6.07, 6.45) is 3.31. The fourth-order valence-electron chi connectivity index (χ4n) is 1.77. The fourth-order valence-corrected chi connectivity index (χ4v) is 2.07. The van der Waals surface area contributed by atoms with E-state index in [9.17, 15) is 9.90 Å². The molecule has 0 aromatic carbocycles. The summed E-state index contributed by atoms with van der Waals surface area (Å²) in [5.74, 6) is 0.333. The van der Waals surface area contributed by atoms with Gasteiger partial charge in [-0.3, -0.25) is 4.79 Å². The van der Waals surface area contributed by atoms with E-state index in [4.69, 9.17) is 0 Å². The molecular weight excluding hydrogens is 326 g/mol. The molecule has 0 bridgehead atoms. The van der Waals surface area contributed by atoms with E-state index < -0.39 is 12.0 Å². The minimum absolute atomic E-state index is 0.0346. The predicted octanol–water partition coefficient (Wildman–Crippen LogP) is 1.02. The normalized spacial score (nSPS) is 12.8. The maximum Gasteiger partial charge on any atom is 0.291 e. The van der Waals surface area contributed by atoms with Gasteiger partial charge in [-0.1, -0.05) is 13.8 Å². The molecule has 1 atom stereocenters. The van der Waals surface area contributed by atoms with Crippen molar-refractivity contribution in [1.82, 2.24) is 24.9 Å². The molecule has 8 heteroatoms. The standard InChI is InChI=1S/C12H16BrN5O2/c1-7(2)3-9(19)5-14-11(20)10-16-12-15-4-8(13)6-18(12)17-10/h4,6-7,9,19H,3,5H2,1-2H3,(H,14,20). The lowest BCUT2D eigenvalue weighted by atomic mass is 10.1. The highest BCUT2D eigenvalue weighted by Crippen LogP contribution is 2.08. The average Bonchev–Trinajstić information content (AvgIpc) is 2.78. The van der Waals surface area contributed by atoms with E-state index in [2.05, 4.69) is 36.3 Å². The van der Waals surface area contributed by atoms with E-state index in [1.54, 1.807) is 12.4 Å². The van der Waals surface area contributed by atoms with Crippen molar-refractivity contribution in [2.24, 2.45) is 5.92 Å². The highest BCUT2D eigenvalue weighted by atomic mass is 79.9. The lowest BCUT2D eigenvalue weighted by Gasteiger charge is -2.12. The summed E-state index contributed by atoms with van der Waals surface area (Å²) in [6.45, 7) is 4.21. The minimum atomic E-state index is -0.566. The second-order valence-corrected chi connectivity index (χ2v) is 5.86. The van der Waals surface area contributed by atoms with Gasteiger partial charge in [0.25, 0.3) is 11.7 Å². The fraction of sp³-hybridized carbons (Fsp3) is 0.500. The first kappa shape index (κ1) is 14.9. The lowest BCUT2D eigenvalue weighted by Crippen LogP contribution is -2.33. The summed E-state index contributed by atoms with van der Waals surface area (Å²) in [7, 11) is 0. The summed E-state index contributed by atoms with van der Waals surface area (Å²) < 4.78 is 2.16. The number of nitrogens with zero attached hydrogens (tertiary/aromatic N) is 4. The maximum absolute atomic E-state index is 11.9. The summed E-state index contributed by atoms with van der Waals surface area (Å²) in [6, 6.07) is 0. The molecule has 0 fully saturated rings. The van der Waals surface area contributed by atoms with Crippen molar-refractivity contribution in [1.29, 1.82) is 0 Å². The molecule has 2 aromatic heterocycles. The number of hydrogen-bond acceptors (Lipinski definition) is 5. The summed E-state index contributed by atoms with van der Waals surface area (Å²) in [5, 5.41) is 16.4.